The molecular formula is C13H23NO2. The van der Waals surface area contributed by atoms with Crippen LogP contribution in [0.3, 0.4) is 0 Å². The van der Waals surface area contributed by atoms with Crippen molar-refractivity contribution in [3.63, 3.8) is 0 Å². The lowest BCUT2D eigenvalue weighted by Crippen LogP contribution is -2.38. The van der Waals surface area contributed by atoms with E-state index in [-0.39, 0.29) is 12.0 Å². The number of nitrogens with one attached hydrogen (secondary N) is 1. The number of hydrogen-bond acceptors (Lipinski definition) is 3. The zero-order chi connectivity index (χ0) is 12.2. The van der Waals surface area contributed by atoms with Crippen LogP contribution in [-0.2, 0) is 9.53 Å². The largest absolute Gasteiger partial charge is 0.468 e. The van der Waals surface area contributed by atoms with Gasteiger partial charge in [0.1, 0.15) is 6.04 Å². The zero-order valence-electron chi connectivity index (χ0n) is 10.4. The van der Waals surface area contributed by atoms with Crippen molar-refractivity contribution >= 4 is 5.97 Å². The van der Waals surface area contributed by atoms with Crippen molar-refractivity contribution in [1.29, 1.82) is 0 Å². The molecule has 0 heterocycles. The van der Waals surface area contributed by atoms with Crippen LogP contribution in [0.15, 0.2) is 0 Å². The van der Waals surface area contributed by atoms with Gasteiger partial charge in [0.05, 0.1) is 7.11 Å². The van der Waals surface area contributed by atoms with Gasteiger partial charge in [-0.05, 0) is 25.8 Å². The molecule has 16 heavy (non-hydrogen) atoms. The highest BCUT2D eigenvalue weighted by Gasteiger charge is 2.16. The summed E-state index contributed by atoms with van der Waals surface area (Å²) >= 11 is 0. The molecule has 0 saturated heterocycles. The minimum Gasteiger partial charge on any atom is -0.468 e. The third kappa shape index (κ3) is 7.30. The summed E-state index contributed by atoms with van der Waals surface area (Å²) in [5.74, 6) is 2.44. The summed E-state index contributed by atoms with van der Waals surface area (Å²) < 4.78 is 4.75. The van der Waals surface area contributed by atoms with Crippen molar-refractivity contribution in [2.45, 2.75) is 51.5 Å². The minimum atomic E-state index is -0.162. The highest BCUT2D eigenvalue weighted by atomic mass is 16.5. The Kier molecular flexibility index (Phi) is 9.84. The van der Waals surface area contributed by atoms with E-state index in [9.17, 15) is 4.79 Å². The Labute approximate surface area is 98.9 Å². The zero-order valence-corrected chi connectivity index (χ0v) is 10.4. The highest BCUT2D eigenvalue weighted by molar-refractivity contribution is 5.75. The van der Waals surface area contributed by atoms with Gasteiger partial charge in [-0.15, -0.1) is 12.3 Å². The third-order valence-electron chi connectivity index (χ3n) is 2.47. The van der Waals surface area contributed by atoms with Gasteiger partial charge in [0, 0.05) is 6.42 Å². The van der Waals surface area contributed by atoms with Crippen LogP contribution in [0.25, 0.3) is 0 Å². The quantitative estimate of drug-likeness (QED) is 0.371. The lowest BCUT2D eigenvalue weighted by Gasteiger charge is -2.15. The van der Waals surface area contributed by atoms with Crippen LogP contribution in [0.5, 0.6) is 0 Å². The van der Waals surface area contributed by atoms with Gasteiger partial charge in [0.2, 0.25) is 0 Å². The van der Waals surface area contributed by atoms with Crippen molar-refractivity contribution in [3.8, 4) is 12.3 Å². The molecular weight excluding hydrogens is 202 g/mol. The molecule has 1 atom stereocenters. The summed E-state index contributed by atoms with van der Waals surface area (Å²) in [4.78, 5) is 11.4. The maximum absolute atomic E-state index is 11.4. The van der Waals surface area contributed by atoms with Crippen LogP contribution >= 0.6 is 0 Å². The molecule has 3 nitrogen and oxygen atoms in total. The molecule has 0 bridgehead atoms. The number of rotatable bonds is 9. The number of esters is 1. The molecule has 3 heteroatoms. The Balaban J connectivity index is 3.74. The Morgan fingerprint density at radius 3 is 2.75 bits per heavy atom. The highest BCUT2D eigenvalue weighted by Crippen LogP contribution is 2.03. The summed E-state index contributed by atoms with van der Waals surface area (Å²) in [5.41, 5.74) is 0. The predicted octanol–water partition coefficient (Wildman–Crippen LogP) is 2.11. The van der Waals surface area contributed by atoms with Gasteiger partial charge in [-0.3, -0.25) is 4.79 Å². The Hall–Kier alpha value is -1.01. The van der Waals surface area contributed by atoms with E-state index in [0.29, 0.717) is 0 Å². The fourth-order valence-corrected chi connectivity index (χ4v) is 1.48. The first-order chi connectivity index (χ1) is 7.76. The number of carbonyl (C=O) groups excluding carboxylic acids is 1. The van der Waals surface area contributed by atoms with Gasteiger partial charge in [-0.1, -0.05) is 19.8 Å². The summed E-state index contributed by atoms with van der Waals surface area (Å²) in [6, 6.07) is -0.157. The lowest BCUT2D eigenvalue weighted by molar-refractivity contribution is -0.143. The van der Waals surface area contributed by atoms with Crippen LogP contribution in [0, 0.1) is 12.3 Å². The second-order valence-electron chi connectivity index (χ2n) is 3.83. The molecule has 0 amide bonds. The second kappa shape index (κ2) is 10.5. The molecule has 0 saturated carbocycles. The van der Waals surface area contributed by atoms with Gasteiger partial charge in [-0.2, -0.15) is 0 Å². The maximum atomic E-state index is 11.4. The molecule has 92 valence electrons. The summed E-state index contributed by atoms with van der Waals surface area (Å²) in [6.07, 6.45) is 10.9. The van der Waals surface area contributed by atoms with Crippen molar-refractivity contribution in [2.24, 2.45) is 0 Å². The first-order valence-electron chi connectivity index (χ1n) is 6.00. The smallest absolute Gasteiger partial charge is 0.322 e. The van der Waals surface area contributed by atoms with E-state index in [1.54, 1.807) is 0 Å². The topological polar surface area (TPSA) is 38.3 Å². The fraction of sp³-hybridized carbons (Fsp3) is 0.769. The van der Waals surface area contributed by atoms with Crippen LogP contribution in [0.4, 0.5) is 0 Å². The molecule has 0 aliphatic carbocycles. The van der Waals surface area contributed by atoms with Gasteiger partial charge in [0.25, 0.3) is 0 Å². The van der Waals surface area contributed by atoms with E-state index in [1.165, 1.54) is 7.11 Å². The Morgan fingerprint density at radius 1 is 1.44 bits per heavy atom. The number of ether oxygens (including phenoxy) is 1. The lowest BCUT2D eigenvalue weighted by atomic mass is 10.1. The van der Waals surface area contributed by atoms with Crippen LogP contribution < -0.4 is 5.32 Å². The van der Waals surface area contributed by atoms with E-state index in [1.807, 2.05) is 0 Å². The molecule has 0 radical (unpaired) electrons. The SMILES string of the molecule is C#CCCCCNC(CCCC)C(=O)OC. The van der Waals surface area contributed by atoms with Gasteiger partial charge in [-0.25, -0.2) is 0 Å². The number of methoxy groups -OCH3 is 1. The average molecular weight is 225 g/mol. The summed E-state index contributed by atoms with van der Waals surface area (Å²) in [6.45, 7) is 2.94. The van der Waals surface area contributed by atoms with Crippen molar-refractivity contribution in [1.82, 2.24) is 5.32 Å². The van der Waals surface area contributed by atoms with E-state index < -0.39 is 0 Å². The summed E-state index contributed by atoms with van der Waals surface area (Å²) in [5, 5.41) is 3.22. The maximum Gasteiger partial charge on any atom is 0.322 e. The molecule has 0 fully saturated rings. The normalized spacial score (nSPS) is 11.8. The molecule has 1 N–H and O–H groups in total. The molecule has 0 rings (SSSR count). The van der Waals surface area contributed by atoms with Crippen LogP contribution in [0.2, 0.25) is 0 Å². The number of carbonyl (C=O) groups is 1. The predicted molar refractivity (Wildman–Crippen MR) is 66.0 cm³/mol. The first-order valence-corrected chi connectivity index (χ1v) is 6.00. The molecule has 0 aliphatic rings. The molecule has 0 aliphatic heterocycles. The standard InChI is InChI=1S/C13H23NO2/c1-4-6-8-9-11-14-12(10-7-5-2)13(15)16-3/h1,12,14H,5-11H2,2-3H3. The number of unbranched alkanes of at least 4 members (excludes halogenated alkanes) is 3. The van der Waals surface area contributed by atoms with Gasteiger partial charge >= 0.3 is 5.97 Å². The molecule has 0 aromatic rings. The Bertz CT molecular complexity index is 220. The van der Waals surface area contributed by atoms with E-state index >= 15 is 0 Å². The van der Waals surface area contributed by atoms with Crippen molar-refractivity contribution in [2.75, 3.05) is 13.7 Å². The molecule has 0 aromatic heterocycles. The molecule has 1 unspecified atom stereocenters. The van der Waals surface area contributed by atoms with Crippen molar-refractivity contribution < 1.29 is 9.53 Å². The number of hydrogen-bond donors (Lipinski definition) is 1. The Morgan fingerprint density at radius 2 is 2.19 bits per heavy atom. The van der Waals surface area contributed by atoms with E-state index in [4.69, 9.17) is 11.2 Å². The number of terminal acetylenes is 1. The summed E-state index contributed by atoms with van der Waals surface area (Å²) in [7, 11) is 1.43. The monoisotopic (exact) mass is 225 g/mol. The van der Waals surface area contributed by atoms with Gasteiger partial charge in [0.15, 0.2) is 0 Å². The third-order valence-corrected chi connectivity index (χ3v) is 2.47. The minimum absolute atomic E-state index is 0.157. The molecule has 0 aromatic carbocycles. The van der Waals surface area contributed by atoms with Crippen LogP contribution in [0.1, 0.15) is 45.4 Å². The van der Waals surface area contributed by atoms with Crippen molar-refractivity contribution in [3.05, 3.63) is 0 Å². The van der Waals surface area contributed by atoms with Crippen LogP contribution in [-0.4, -0.2) is 25.7 Å². The second-order valence-corrected chi connectivity index (χ2v) is 3.83. The average Bonchev–Trinajstić information content (AvgIpc) is 2.31. The van der Waals surface area contributed by atoms with E-state index in [2.05, 4.69) is 18.2 Å². The van der Waals surface area contributed by atoms with Gasteiger partial charge < -0.3 is 10.1 Å². The van der Waals surface area contributed by atoms with E-state index in [0.717, 1.165) is 45.1 Å². The molecule has 0 spiro atoms. The fourth-order valence-electron chi connectivity index (χ4n) is 1.48. The first kappa shape index (κ1) is 15.0.